The zero-order valence-corrected chi connectivity index (χ0v) is 24.8. The largest absolute Gasteiger partial charge is 0.472 e. The summed E-state index contributed by atoms with van der Waals surface area (Å²) in [6.07, 6.45) is -3.38. The van der Waals surface area contributed by atoms with Crippen LogP contribution in [0.2, 0.25) is 0 Å². The molecule has 1 radical (unpaired) electrons. The maximum atomic E-state index is 12.8. The van der Waals surface area contributed by atoms with E-state index in [0.717, 1.165) is 0 Å². The van der Waals surface area contributed by atoms with Crippen LogP contribution in [-0.2, 0) is 23.1 Å². The topological polar surface area (TPSA) is 294 Å². The number of nitrogens with one attached hydrogen (secondary N) is 2. The monoisotopic (exact) mass is 619 g/mol. The number of nitrogen functional groups attached to an aromatic ring is 2. The Labute approximate surface area is 255 Å². The summed E-state index contributed by atoms with van der Waals surface area (Å²) in [4.78, 5) is 55.3. The molecule has 0 aliphatic carbocycles. The van der Waals surface area contributed by atoms with Gasteiger partial charge in [0.2, 0.25) is 11.9 Å². The van der Waals surface area contributed by atoms with E-state index in [1.54, 1.807) is 0 Å². The van der Waals surface area contributed by atoms with Crippen molar-refractivity contribution in [3.8, 4) is 0 Å². The molecular formula is C20H25N10NaO10P. The van der Waals surface area contributed by atoms with Crippen molar-refractivity contribution in [1.29, 1.82) is 0 Å². The van der Waals surface area contributed by atoms with Crippen molar-refractivity contribution < 1.29 is 38.2 Å². The molecule has 6 heterocycles. The summed E-state index contributed by atoms with van der Waals surface area (Å²) in [7, 11) is -4.76. The van der Waals surface area contributed by atoms with Crippen LogP contribution in [-0.4, -0.2) is 121 Å². The summed E-state index contributed by atoms with van der Waals surface area (Å²) in [5, 5.41) is 20.3. The Balaban J connectivity index is 0.00000353. The molecule has 22 heteroatoms. The molecular weight excluding hydrogens is 594 g/mol. The number of phosphoric acid groups is 1. The van der Waals surface area contributed by atoms with Crippen LogP contribution in [0.1, 0.15) is 25.3 Å². The van der Waals surface area contributed by atoms with Crippen LogP contribution in [0, 0.1) is 0 Å². The van der Waals surface area contributed by atoms with Gasteiger partial charge in [-0.2, -0.15) is 9.97 Å². The second-order valence-electron chi connectivity index (χ2n) is 9.44. The van der Waals surface area contributed by atoms with Gasteiger partial charge in [-0.05, 0) is 0 Å². The van der Waals surface area contributed by atoms with Gasteiger partial charge in [-0.3, -0.25) is 37.7 Å². The second-order valence-corrected chi connectivity index (χ2v) is 10.8. The number of aliphatic hydroxyl groups excluding tert-OH is 2. The molecule has 0 spiro atoms. The number of aromatic nitrogens is 8. The molecule has 221 valence electrons. The molecule has 4 aromatic heterocycles. The SMILES string of the molecule is Nc1nc2c(ncn2[C@H]2C[C@H](OP(=O)(O)OC[C@H]3O[C@@H](n4cnc5c(=O)[nH]c(N)nc54)C[C@@H]3O)[C@@H](CO)O2)c(=O)[nH]1.[Na]. The first kappa shape index (κ1) is 30.7. The Bertz CT molecular complexity index is 1780. The number of hydrogen-bond donors (Lipinski definition) is 7. The number of phosphoric ester groups is 1. The molecule has 1 unspecified atom stereocenters. The van der Waals surface area contributed by atoms with Crippen LogP contribution in [0.25, 0.3) is 22.3 Å². The van der Waals surface area contributed by atoms with Gasteiger partial charge >= 0.3 is 7.82 Å². The molecule has 6 rings (SSSR count). The number of anilines is 2. The molecule has 2 aliphatic rings. The third kappa shape index (κ3) is 5.75. The fraction of sp³-hybridized carbons (Fsp3) is 0.500. The molecule has 0 bridgehead atoms. The molecule has 2 fully saturated rings. The van der Waals surface area contributed by atoms with Crippen molar-refractivity contribution in [2.45, 2.75) is 49.7 Å². The van der Waals surface area contributed by atoms with E-state index in [1.165, 1.54) is 21.8 Å². The molecule has 0 amide bonds. The van der Waals surface area contributed by atoms with E-state index in [-0.39, 0.29) is 76.6 Å². The minimum absolute atomic E-state index is 0. The van der Waals surface area contributed by atoms with Crippen molar-refractivity contribution in [3.05, 3.63) is 33.4 Å². The average molecular weight is 619 g/mol. The Morgan fingerprint density at radius 3 is 2.05 bits per heavy atom. The zero-order chi connectivity index (χ0) is 29.1. The third-order valence-electron chi connectivity index (χ3n) is 6.76. The summed E-state index contributed by atoms with van der Waals surface area (Å²) in [5.41, 5.74) is 10.4. The number of H-pyrrole nitrogens is 2. The van der Waals surface area contributed by atoms with E-state index in [4.69, 9.17) is 30.0 Å². The predicted octanol–water partition coefficient (Wildman–Crippen LogP) is -2.53. The van der Waals surface area contributed by atoms with Crippen LogP contribution in [0.4, 0.5) is 11.9 Å². The molecule has 2 saturated heterocycles. The Morgan fingerprint density at radius 1 is 0.976 bits per heavy atom. The van der Waals surface area contributed by atoms with Gasteiger partial charge in [-0.15, -0.1) is 0 Å². The van der Waals surface area contributed by atoms with Gasteiger partial charge in [0.25, 0.3) is 11.1 Å². The predicted molar refractivity (Wildman–Crippen MR) is 142 cm³/mol. The Morgan fingerprint density at radius 2 is 1.50 bits per heavy atom. The molecule has 0 aromatic carbocycles. The molecule has 9 N–H and O–H groups in total. The quantitative estimate of drug-likeness (QED) is 0.0790. The standard InChI is InChI=1S/C20H25N10O10P.Na/c21-19-25-15-13(17(33)27-19)23-5-29(15)11-1-7(32)10(39-11)4-37-41(35,36)40-8-2-12(38-9(8)3-31)30-6-24-14-16(30)26-20(22)28-18(14)34;/h5-12,31-32H,1-4H2,(H,35,36)(H3,21,25,27,33)(H3,22,26,28,34);/t7-,8-,9+,10+,11+,12+;/m0./s1. The average Bonchev–Trinajstić information content (AvgIpc) is 3.67. The van der Waals surface area contributed by atoms with E-state index < -0.39 is 69.0 Å². The zero-order valence-electron chi connectivity index (χ0n) is 21.9. The van der Waals surface area contributed by atoms with E-state index >= 15 is 0 Å². The van der Waals surface area contributed by atoms with E-state index in [2.05, 4.69) is 29.9 Å². The minimum Gasteiger partial charge on any atom is -0.394 e. The third-order valence-corrected chi connectivity index (χ3v) is 7.77. The number of hydrogen-bond acceptors (Lipinski definition) is 15. The number of aliphatic hydroxyl groups is 2. The summed E-state index contributed by atoms with van der Waals surface area (Å²) in [5.74, 6) is -0.272. The molecule has 7 atom stereocenters. The Kier molecular flexibility index (Phi) is 8.58. The molecule has 0 saturated carbocycles. The first-order chi connectivity index (χ1) is 19.5. The fourth-order valence-corrected chi connectivity index (χ4v) is 5.82. The number of rotatable bonds is 8. The number of nitrogens with two attached hydrogens (primary N) is 2. The van der Waals surface area contributed by atoms with Gasteiger partial charge in [-0.1, -0.05) is 0 Å². The maximum Gasteiger partial charge on any atom is 0.472 e. The maximum absolute atomic E-state index is 12.8. The number of nitrogens with zero attached hydrogens (tertiary/aromatic N) is 6. The van der Waals surface area contributed by atoms with Crippen LogP contribution in [0.5, 0.6) is 0 Å². The van der Waals surface area contributed by atoms with Crippen molar-refractivity contribution in [2.24, 2.45) is 0 Å². The second kappa shape index (κ2) is 11.7. The summed E-state index contributed by atoms with van der Waals surface area (Å²) < 4.78 is 37.6. The van der Waals surface area contributed by atoms with Gasteiger partial charge in [0.1, 0.15) is 30.8 Å². The van der Waals surface area contributed by atoms with E-state index in [1.807, 2.05) is 0 Å². The van der Waals surface area contributed by atoms with Crippen LogP contribution in [0.3, 0.4) is 0 Å². The van der Waals surface area contributed by atoms with Crippen molar-refractivity contribution in [2.75, 3.05) is 24.7 Å². The van der Waals surface area contributed by atoms with Gasteiger partial charge in [0.15, 0.2) is 22.3 Å². The fourth-order valence-electron chi connectivity index (χ4n) is 4.86. The Hall–Kier alpha value is -2.75. The van der Waals surface area contributed by atoms with Crippen molar-refractivity contribution >= 4 is 71.6 Å². The molecule has 2 aliphatic heterocycles. The number of imidazole rings is 2. The van der Waals surface area contributed by atoms with Gasteiger partial charge in [0, 0.05) is 42.4 Å². The van der Waals surface area contributed by atoms with Crippen molar-refractivity contribution in [1.82, 2.24) is 39.0 Å². The smallest absolute Gasteiger partial charge is 0.394 e. The summed E-state index contributed by atoms with van der Waals surface area (Å²) in [6.45, 7) is -1.09. The van der Waals surface area contributed by atoms with Gasteiger partial charge in [-0.25, -0.2) is 14.5 Å². The van der Waals surface area contributed by atoms with E-state index in [0.29, 0.717) is 0 Å². The molecule has 4 aromatic rings. The first-order valence-electron chi connectivity index (χ1n) is 12.2. The van der Waals surface area contributed by atoms with E-state index in [9.17, 15) is 29.3 Å². The van der Waals surface area contributed by atoms with Gasteiger partial charge < -0.3 is 36.0 Å². The number of aromatic amines is 2. The van der Waals surface area contributed by atoms with Crippen LogP contribution >= 0.6 is 7.82 Å². The molecule has 20 nitrogen and oxygen atoms in total. The summed E-state index contributed by atoms with van der Waals surface area (Å²) in [6, 6.07) is 0. The summed E-state index contributed by atoms with van der Waals surface area (Å²) >= 11 is 0. The van der Waals surface area contributed by atoms with Crippen LogP contribution < -0.4 is 22.6 Å². The minimum atomic E-state index is -4.76. The van der Waals surface area contributed by atoms with Gasteiger partial charge in [0.05, 0.1) is 32.0 Å². The number of fused-ring (bicyclic) bond motifs is 2. The normalized spacial score (nSPS) is 27.4. The van der Waals surface area contributed by atoms with Crippen LogP contribution in [0.15, 0.2) is 22.2 Å². The molecule has 42 heavy (non-hydrogen) atoms. The number of ether oxygens (including phenoxy) is 2. The first-order valence-corrected chi connectivity index (χ1v) is 13.7. The van der Waals surface area contributed by atoms with Crippen molar-refractivity contribution in [3.63, 3.8) is 0 Å².